The average Bonchev–Trinajstić information content (AvgIpc) is 3.14. The number of hydrogen-bond donors (Lipinski definition) is 1. The van der Waals surface area contributed by atoms with Gasteiger partial charge < -0.3 is 15.0 Å². The summed E-state index contributed by atoms with van der Waals surface area (Å²) in [5.41, 5.74) is 0.409. The molecule has 2 aromatic heterocycles. The maximum Gasteiger partial charge on any atom is 0.332 e. The second-order valence-corrected chi connectivity index (χ2v) is 9.17. The van der Waals surface area contributed by atoms with E-state index in [1.54, 1.807) is 9.47 Å². The van der Waals surface area contributed by atoms with Gasteiger partial charge in [-0.3, -0.25) is 13.9 Å². The quantitative estimate of drug-likeness (QED) is 0.785. The highest BCUT2D eigenvalue weighted by Gasteiger charge is 2.27. The molecule has 2 aromatic rings. The normalized spacial score (nSPS) is 17.6. The van der Waals surface area contributed by atoms with Gasteiger partial charge in [-0.15, -0.1) is 11.3 Å². The molecule has 0 unspecified atom stereocenters. The SMILES string of the molecule is Cc1c(CN2CCNC2=O)sc2c1c(=O)n(CC(C)C)c(=O)n2CC1COC1. The third kappa shape index (κ3) is 3.26. The number of carbonyl (C=O) groups is 1. The van der Waals surface area contributed by atoms with Gasteiger partial charge in [0.15, 0.2) is 0 Å². The lowest BCUT2D eigenvalue weighted by Gasteiger charge is -2.27. The van der Waals surface area contributed by atoms with Crippen LogP contribution in [0.2, 0.25) is 0 Å². The minimum Gasteiger partial charge on any atom is -0.381 e. The molecule has 0 radical (unpaired) electrons. The number of nitrogens with zero attached hydrogens (tertiary/aromatic N) is 3. The fourth-order valence-electron chi connectivity index (χ4n) is 3.76. The number of fused-ring (bicyclic) bond motifs is 1. The number of hydrogen-bond acceptors (Lipinski definition) is 5. The van der Waals surface area contributed by atoms with Crippen molar-refractivity contribution >= 4 is 27.6 Å². The zero-order chi connectivity index (χ0) is 20.0. The van der Waals surface area contributed by atoms with Crippen LogP contribution >= 0.6 is 11.3 Å². The summed E-state index contributed by atoms with van der Waals surface area (Å²) in [7, 11) is 0. The molecule has 2 saturated heterocycles. The average molecular weight is 407 g/mol. The summed E-state index contributed by atoms with van der Waals surface area (Å²) in [6, 6.07) is -0.0851. The van der Waals surface area contributed by atoms with Crippen molar-refractivity contribution in [2.45, 2.75) is 40.4 Å². The van der Waals surface area contributed by atoms with Crippen molar-refractivity contribution in [3.8, 4) is 0 Å². The molecule has 4 heterocycles. The van der Waals surface area contributed by atoms with Crippen molar-refractivity contribution in [1.29, 1.82) is 0 Å². The van der Waals surface area contributed by atoms with E-state index >= 15 is 0 Å². The number of nitrogens with one attached hydrogen (secondary N) is 1. The molecular weight excluding hydrogens is 380 g/mol. The van der Waals surface area contributed by atoms with Crippen molar-refractivity contribution < 1.29 is 9.53 Å². The highest BCUT2D eigenvalue weighted by molar-refractivity contribution is 7.18. The van der Waals surface area contributed by atoms with Gasteiger partial charge in [0.2, 0.25) is 0 Å². The Labute approximate surface area is 166 Å². The molecule has 0 atom stereocenters. The first-order valence-corrected chi connectivity index (χ1v) is 10.5. The Morgan fingerprint density at radius 3 is 2.54 bits per heavy atom. The lowest BCUT2D eigenvalue weighted by molar-refractivity contribution is -0.0395. The molecule has 28 heavy (non-hydrogen) atoms. The van der Waals surface area contributed by atoms with E-state index in [-0.39, 0.29) is 23.2 Å². The first-order valence-electron chi connectivity index (χ1n) is 9.73. The van der Waals surface area contributed by atoms with Gasteiger partial charge in [0, 0.05) is 37.0 Å². The van der Waals surface area contributed by atoms with Crippen molar-refractivity contribution in [1.82, 2.24) is 19.4 Å². The van der Waals surface area contributed by atoms with Crippen LogP contribution < -0.4 is 16.6 Å². The second kappa shape index (κ2) is 7.36. The van der Waals surface area contributed by atoms with Crippen LogP contribution in [-0.2, 0) is 24.4 Å². The van der Waals surface area contributed by atoms with Gasteiger partial charge in [-0.1, -0.05) is 13.8 Å². The first-order chi connectivity index (χ1) is 13.4. The van der Waals surface area contributed by atoms with Crippen molar-refractivity contribution in [3.63, 3.8) is 0 Å². The van der Waals surface area contributed by atoms with E-state index in [0.717, 1.165) is 10.4 Å². The van der Waals surface area contributed by atoms with Crippen LogP contribution in [0.3, 0.4) is 0 Å². The lowest BCUT2D eigenvalue weighted by Crippen LogP contribution is -2.43. The molecule has 2 aliphatic heterocycles. The standard InChI is InChI=1S/C19H26N4O4S/c1-11(2)6-22-16(24)15-12(3)14(8-21-5-4-20-18(21)25)28-17(15)23(19(22)26)7-13-9-27-10-13/h11,13H,4-10H2,1-3H3,(H,20,25). The Kier molecular flexibility index (Phi) is 5.05. The predicted octanol–water partition coefficient (Wildman–Crippen LogP) is 1.36. The minimum absolute atomic E-state index is 0.0851. The number of carbonyl (C=O) groups excluding carboxylic acids is 1. The monoisotopic (exact) mass is 406 g/mol. The summed E-state index contributed by atoms with van der Waals surface area (Å²) < 4.78 is 8.40. The van der Waals surface area contributed by atoms with Gasteiger partial charge in [0.05, 0.1) is 25.1 Å². The van der Waals surface area contributed by atoms with E-state index in [1.807, 2.05) is 20.8 Å². The predicted molar refractivity (Wildman–Crippen MR) is 108 cm³/mol. The molecule has 0 saturated carbocycles. The number of rotatable bonds is 6. The van der Waals surface area contributed by atoms with Crippen molar-refractivity contribution in [2.75, 3.05) is 26.3 Å². The Bertz CT molecular complexity index is 1030. The molecule has 2 fully saturated rings. The molecule has 8 nitrogen and oxygen atoms in total. The summed E-state index contributed by atoms with van der Waals surface area (Å²) in [6.45, 7) is 9.89. The van der Waals surface area contributed by atoms with Crippen LogP contribution in [0.4, 0.5) is 4.79 Å². The maximum atomic E-state index is 13.2. The summed E-state index contributed by atoms with van der Waals surface area (Å²) in [5.74, 6) is 0.483. The van der Waals surface area contributed by atoms with E-state index in [4.69, 9.17) is 4.74 Å². The number of aromatic nitrogens is 2. The van der Waals surface area contributed by atoms with Crippen LogP contribution in [0.15, 0.2) is 9.59 Å². The molecule has 0 spiro atoms. The first kappa shape index (κ1) is 19.2. The van der Waals surface area contributed by atoms with Crippen LogP contribution in [-0.4, -0.2) is 46.4 Å². The molecule has 0 aliphatic carbocycles. The van der Waals surface area contributed by atoms with Crippen LogP contribution in [0.5, 0.6) is 0 Å². The summed E-state index contributed by atoms with van der Waals surface area (Å²) in [5, 5.41) is 3.41. The fraction of sp³-hybridized carbons (Fsp3) is 0.632. The Hall–Kier alpha value is -2.13. The third-order valence-corrected chi connectivity index (χ3v) is 6.67. The number of urea groups is 1. The molecule has 0 aromatic carbocycles. The zero-order valence-corrected chi connectivity index (χ0v) is 17.3. The Balaban J connectivity index is 1.86. The topological polar surface area (TPSA) is 85.6 Å². The number of amides is 2. The number of ether oxygens (including phenoxy) is 1. The van der Waals surface area contributed by atoms with Gasteiger partial charge in [-0.05, 0) is 18.4 Å². The van der Waals surface area contributed by atoms with Gasteiger partial charge in [-0.2, -0.15) is 0 Å². The molecule has 9 heteroatoms. The molecule has 1 N–H and O–H groups in total. The largest absolute Gasteiger partial charge is 0.381 e. The van der Waals surface area contributed by atoms with Gasteiger partial charge in [0.25, 0.3) is 5.56 Å². The fourth-order valence-corrected chi connectivity index (χ4v) is 5.08. The Morgan fingerprint density at radius 1 is 1.21 bits per heavy atom. The minimum atomic E-state index is -0.246. The van der Waals surface area contributed by atoms with Crippen LogP contribution in [0.1, 0.15) is 24.3 Å². The van der Waals surface area contributed by atoms with E-state index in [0.29, 0.717) is 62.1 Å². The third-order valence-electron chi connectivity index (χ3n) is 5.37. The molecule has 2 aliphatic rings. The summed E-state index contributed by atoms with van der Waals surface area (Å²) in [4.78, 5) is 41.7. The molecule has 152 valence electrons. The van der Waals surface area contributed by atoms with Crippen molar-refractivity contribution in [3.05, 3.63) is 31.3 Å². The Morgan fingerprint density at radius 2 is 1.96 bits per heavy atom. The zero-order valence-electron chi connectivity index (χ0n) is 16.5. The number of aryl methyl sites for hydroxylation is 1. The van der Waals surface area contributed by atoms with Gasteiger partial charge in [0.1, 0.15) is 4.83 Å². The smallest absolute Gasteiger partial charge is 0.332 e. The highest BCUT2D eigenvalue weighted by Crippen LogP contribution is 2.30. The van der Waals surface area contributed by atoms with Gasteiger partial charge >= 0.3 is 11.7 Å². The lowest BCUT2D eigenvalue weighted by atomic mass is 10.1. The summed E-state index contributed by atoms with van der Waals surface area (Å²) in [6.07, 6.45) is 0. The molecule has 2 amide bonds. The molecular formula is C19H26N4O4S. The summed E-state index contributed by atoms with van der Waals surface area (Å²) >= 11 is 1.46. The van der Waals surface area contributed by atoms with E-state index < -0.39 is 0 Å². The van der Waals surface area contributed by atoms with Crippen LogP contribution in [0.25, 0.3) is 10.2 Å². The van der Waals surface area contributed by atoms with Gasteiger partial charge in [-0.25, -0.2) is 9.59 Å². The molecule has 4 rings (SSSR count). The molecule has 0 bridgehead atoms. The van der Waals surface area contributed by atoms with E-state index in [1.165, 1.54) is 15.9 Å². The van der Waals surface area contributed by atoms with Crippen molar-refractivity contribution in [2.24, 2.45) is 11.8 Å². The highest BCUT2D eigenvalue weighted by atomic mass is 32.1. The van der Waals surface area contributed by atoms with E-state index in [2.05, 4.69) is 5.32 Å². The van der Waals surface area contributed by atoms with Crippen LogP contribution in [0, 0.1) is 18.8 Å². The number of thiophene rings is 1. The van der Waals surface area contributed by atoms with E-state index in [9.17, 15) is 14.4 Å². The maximum absolute atomic E-state index is 13.2. The second-order valence-electron chi connectivity index (χ2n) is 8.09.